The number of hydrogen-bond donors (Lipinski definition) is 1. The molecular weight excluding hydrogens is 554 g/mol. The van der Waals surface area contributed by atoms with E-state index in [2.05, 4.69) is 35.1 Å². The molecular formula is C28H38BrN3O4S. The van der Waals surface area contributed by atoms with Crippen LogP contribution in [-0.4, -0.2) is 50.0 Å². The van der Waals surface area contributed by atoms with Crippen LogP contribution >= 0.6 is 15.9 Å². The van der Waals surface area contributed by atoms with Crippen LogP contribution in [0.25, 0.3) is 0 Å². The first-order valence-corrected chi connectivity index (χ1v) is 15.5. The first-order chi connectivity index (χ1) is 17.5. The van der Waals surface area contributed by atoms with Gasteiger partial charge in [0.15, 0.2) is 0 Å². The summed E-state index contributed by atoms with van der Waals surface area (Å²) in [5.74, 6) is -0.362. The number of sulfonamides is 1. The molecule has 1 unspecified atom stereocenters. The SMILES string of the molecule is CC(C)c1ccc(N(CC(=O)N(Cc2cccc(Br)c2)C(C)C(=O)NC2CCCCC2)S(C)(=O)=O)cc1. The Balaban J connectivity index is 1.87. The number of carbonyl (C=O) groups is 2. The fraction of sp³-hybridized carbons (Fsp3) is 0.500. The number of hydrogen-bond acceptors (Lipinski definition) is 4. The summed E-state index contributed by atoms with van der Waals surface area (Å²) in [4.78, 5) is 28.4. The van der Waals surface area contributed by atoms with Crippen molar-refractivity contribution in [2.45, 2.75) is 77.4 Å². The Hall–Kier alpha value is -2.39. The Morgan fingerprint density at radius 3 is 2.24 bits per heavy atom. The predicted molar refractivity (Wildman–Crippen MR) is 152 cm³/mol. The highest BCUT2D eigenvalue weighted by atomic mass is 79.9. The third-order valence-corrected chi connectivity index (χ3v) is 8.52. The van der Waals surface area contributed by atoms with Crippen LogP contribution in [0.15, 0.2) is 53.0 Å². The second-order valence-electron chi connectivity index (χ2n) is 10.2. The van der Waals surface area contributed by atoms with E-state index in [4.69, 9.17) is 0 Å². The average molecular weight is 593 g/mol. The summed E-state index contributed by atoms with van der Waals surface area (Å²) in [5, 5.41) is 3.11. The van der Waals surface area contributed by atoms with Gasteiger partial charge in [0.25, 0.3) is 0 Å². The van der Waals surface area contributed by atoms with Crippen LogP contribution in [-0.2, 0) is 26.2 Å². The average Bonchev–Trinajstić information content (AvgIpc) is 2.85. The zero-order valence-corrected chi connectivity index (χ0v) is 24.5. The van der Waals surface area contributed by atoms with E-state index in [0.717, 1.165) is 51.8 Å². The number of anilines is 1. The number of carbonyl (C=O) groups excluding carboxylic acids is 2. The Labute approximate surface area is 229 Å². The van der Waals surface area contributed by atoms with Crippen molar-refractivity contribution in [3.8, 4) is 0 Å². The molecule has 9 heteroatoms. The Morgan fingerprint density at radius 2 is 1.68 bits per heavy atom. The van der Waals surface area contributed by atoms with E-state index in [1.807, 2.05) is 36.4 Å². The van der Waals surface area contributed by atoms with Gasteiger partial charge in [-0.15, -0.1) is 0 Å². The number of amides is 2. The van der Waals surface area contributed by atoms with Gasteiger partial charge in [-0.2, -0.15) is 0 Å². The monoisotopic (exact) mass is 591 g/mol. The third-order valence-electron chi connectivity index (χ3n) is 6.89. The second-order valence-corrected chi connectivity index (χ2v) is 13.0. The molecule has 37 heavy (non-hydrogen) atoms. The van der Waals surface area contributed by atoms with Crippen LogP contribution in [0.5, 0.6) is 0 Å². The van der Waals surface area contributed by atoms with Crippen molar-refractivity contribution in [1.29, 1.82) is 0 Å². The first-order valence-electron chi connectivity index (χ1n) is 12.9. The molecule has 1 aliphatic rings. The summed E-state index contributed by atoms with van der Waals surface area (Å²) < 4.78 is 27.5. The highest BCUT2D eigenvalue weighted by molar-refractivity contribution is 9.10. The zero-order valence-electron chi connectivity index (χ0n) is 22.1. The fourth-order valence-electron chi connectivity index (χ4n) is 4.62. The standard InChI is InChI=1S/C28H38BrN3O4S/c1-20(2)23-13-15-26(16-14-23)32(37(4,35)36)19-27(33)31(18-22-9-8-10-24(29)17-22)21(3)28(34)30-25-11-6-5-7-12-25/h8-10,13-17,20-21,25H,5-7,11-12,18-19H2,1-4H3,(H,30,34). The Kier molecular flexibility index (Phi) is 10.2. The number of benzene rings is 2. The van der Waals surface area contributed by atoms with Gasteiger partial charge in [-0.1, -0.05) is 73.3 Å². The maximum atomic E-state index is 13.7. The molecule has 1 atom stereocenters. The molecule has 1 N–H and O–H groups in total. The normalized spacial score (nSPS) is 15.3. The summed E-state index contributed by atoms with van der Waals surface area (Å²) in [6.07, 6.45) is 6.31. The molecule has 2 amide bonds. The van der Waals surface area contributed by atoms with Gasteiger partial charge in [0.1, 0.15) is 12.6 Å². The molecule has 0 spiro atoms. The summed E-state index contributed by atoms with van der Waals surface area (Å²) >= 11 is 3.46. The Morgan fingerprint density at radius 1 is 1.03 bits per heavy atom. The van der Waals surface area contributed by atoms with Crippen LogP contribution in [0.4, 0.5) is 5.69 Å². The van der Waals surface area contributed by atoms with Gasteiger partial charge >= 0.3 is 0 Å². The lowest BCUT2D eigenvalue weighted by Crippen LogP contribution is -2.52. The van der Waals surface area contributed by atoms with E-state index in [1.165, 1.54) is 11.3 Å². The lowest BCUT2D eigenvalue weighted by atomic mass is 9.95. The van der Waals surface area contributed by atoms with E-state index in [0.29, 0.717) is 11.6 Å². The molecule has 0 aliphatic heterocycles. The van der Waals surface area contributed by atoms with Gasteiger partial charge in [-0.3, -0.25) is 13.9 Å². The van der Waals surface area contributed by atoms with E-state index in [-0.39, 0.29) is 18.5 Å². The van der Waals surface area contributed by atoms with E-state index in [1.54, 1.807) is 19.1 Å². The first kappa shape index (κ1) is 29.2. The Bertz CT molecular complexity index is 1180. The van der Waals surface area contributed by atoms with Crippen LogP contribution in [0, 0.1) is 0 Å². The van der Waals surface area contributed by atoms with Gasteiger partial charge in [0.05, 0.1) is 11.9 Å². The maximum absolute atomic E-state index is 13.7. The minimum atomic E-state index is -3.75. The van der Waals surface area contributed by atoms with Crippen LogP contribution in [0.2, 0.25) is 0 Å². The molecule has 202 valence electrons. The number of nitrogens with zero attached hydrogens (tertiary/aromatic N) is 2. The minimum Gasteiger partial charge on any atom is -0.352 e. The molecule has 3 rings (SSSR count). The lowest BCUT2D eigenvalue weighted by Gasteiger charge is -2.33. The molecule has 1 fully saturated rings. The van der Waals surface area contributed by atoms with Crippen molar-refractivity contribution < 1.29 is 18.0 Å². The van der Waals surface area contributed by atoms with Crippen LogP contribution < -0.4 is 9.62 Å². The lowest BCUT2D eigenvalue weighted by molar-refractivity contribution is -0.139. The van der Waals surface area contributed by atoms with E-state index < -0.39 is 28.5 Å². The quantitative estimate of drug-likeness (QED) is 0.411. The molecule has 7 nitrogen and oxygen atoms in total. The van der Waals surface area contributed by atoms with Crippen molar-refractivity contribution in [3.05, 3.63) is 64.1 Å². The summed E-state index contributed by atoms with van der Waals surface area (Å²) in [6, 6.07) is 14.1. The zero-order chi connectivity index (χ0) is 27.2. The van der Waals surface area contributed by atoms with Gasteiger partial charge in [-0.05, 0) is 61.1 Å². The smallest absolute Gasteiger partial charge is 0.244 e. The fourth-order valence-corrected chi connectivity index (χ4v) is 5.92. The topological polar surface area (TPSA) is 86.8 Å². The molecule has 1 aliphatic carbocycles. The van der Waals surface area contributed by atoms with Crippen LogP contribution in [0.3, 0.4) is 0 Å². The maximum Gasteiger partial charge on any atom is 0.244 e. The molecule has 0 saturated heterocycles. The van der Waals surface area contributed by atoms with Crippen LogP contribution in [0.1, 0.15) is 69.9 Å². The second kappa shape index (κ2) is 12.9. The minimum absolute atomic E-state index is 0.110. The van der Waals surface area contributed by atoms with Crippen molar-refractivity contribution in [2.24, 2.45) is 0 Å². The van der Waals surface area contributed by atoms with Gasteiger partial charge < -0.3 is 10.2 Å². The van der Waals surface area contributed by atoms with Gasteiger partial charge in [-0.25, -0.2) is 8.42 Å². The predicted octanol–water partition coefficient (Wildman–Crippen LogP) is 5.20. The number of nitrogens with one attached hydrogen (secondary N) is 1. The van der Waals surface area contributed by atoms with Crippen molar-refractivity contribution in [1.82, 2.24) is 10.2 Å². The molecule has 0 heterocycles. The molecule has 0 bridgehead atoms. The molecule has 0 aromatic heterocycles. The molecule has 1 saturated carbocycles. The van der Waals surface area contributed by atoms with Crippen molar-refractivity contribution >= 4 is 43.5 Å². The van der Waals surface area contributed by atoms with Crippen molar-refractivity contribution in [2.75, 3.05) is 17.1 Å². The van der Waals surface area contributed by atoms with Crippen molar-refractivity contribution in [3.63, 3.8) is 0 Å². The third kappa shape index (κ3) is 8.30. The largest absolute Gasteiger partial charge is 0.352 e. The van der Waals surface area contributed by atoms with E-state index in [9.17, 15) is 18.0 Å². The number of halogens is 1. The molecule has 0 radical (unpaired) electrons. The van der Waals surface area contributed by atoms with E-state index >= 15 is 0 Å². The summed E-state index contributed by atoms with van der Waals surface area (Å²) in [6.45, 7) is 5.62. The highest BCUT2D eigenvalue weighted by Crippen LogP contribution is 2.23. The van der Waals surface area contributed by atoms with Gasteiger partial charge in [0.2, 0.25) is 21.8 Å². The van der Waals surface area contributed by atoms with Gasteiger partial charge in [0, 0.05) is 17.1 Å². The highest BCUT2D eigenvalue weighted by Gasteiger charge is 2.31. The summed E-state index contributed by atoms with van der Waals surface area (Å²) in [7, 11) is -3.75. The summed E-state index contributed by atoms with van der Waals surface area (Å²) in [5.41, 5.74) is 2.34. The molecule has 2 aromatic rings. The number of rotatable bonds is 10. The molecule has 2 aromatic carbocycles.